The van der Waals surface area contributed by atoms with Crippen molar-refractivity contribution in [2.45, 2.75) is 0 Å². The van der Waals surface area contributed by atoms with E-state index in [9.17, 15) is 0 Å². The van der Waals surface area contributed by atoms with Crippen molar-refractivity contribution in [3.8, 4) is 22.3 Å². The van der Waals surface area contributed by atoms with Crippen molar-refractivity contribution >= 4 is 91.7 Å². The second-order valence-corrected chi connectivity index (χ2v) is 15.1. The zero-order valence-corrected chi connectivity index (χ0v) is 30.2. The topological polar surface area (TPSA) is 3.24 Å². The van der Waals surface area contributed by atoms with E-state index in [1.54, 1.807) is 0 Å². The lowest BCUT2D eigenvalue weighted by Gasteiger charge is -2.28. The number of fused-ring (bicyclic) bond motifs is 9. The first kappa shape index (κ1) is 30.8. The number of nitrogens with zero attached hydrogens (tertiary/aromatic N) is 1. The highest BCUT2D eigenvalue weighted by molar-refractivity contribution is 7.26. The molecule has 2 heteroatoms. The minimum atomic E-state index is 1.12. The van der Waals surface area contributed by atoms with Gasteiger partial charge in [-0.3, -0.25) is 0 Å². The van der Waals surface area contributed by atoms with E-state index in [2.05, 4.69) is 205 Å². The summed E-state index contributed by atoms with van der Waals surface area (Å²) in [6, 6.07) is 73.5. The summed E-state index contributed by atoms with van der Waals surface area (Å²) >= 11 is 1.88. The first-order chi connectivity index (χ1) is 26.8. The second kappa shape index (κ2) is 12.4. The fraction of sp³-hybridized carbons (Fsp3) is 0. The Morgan fingerprint density at radius 1 is 0.315 bits per heavy atom. The lowest BCUT2D eigenvalue weighted by Crippen LogP contribution is -2.11. The van der Waals surface area contributed by atoms with Crippen LogP contribution in [0.15, 0.2) is 200 Å². The van der Waals surface area contributed by atoms with Crippen LogP contribution in [0, 0.1) is 0 Å². The third-order valence-corrected chi connectivity index (χ3v) is 12.2. The van der Waals surface area contributed by atoms with Gasteiger partial charge in [-0.25, -0.2) is 0 Å². The summed E-state index contributed by atoms with van der Waals surface area (Å²) in [7, 11) is 0. The molecule has 0 spiro atoms. The first-order valence-corrected chi connectivity index (χ1v) is 19.3. The van der Waals surface area contributed by atoms with E-state index in [1.165, 1.54) is 96.9 Å². The molecule has 0 N–H and O–H groups in total. The highest BCUT2D eigenvalue weighted by Gasteiger charge is 2.22. The molecule has 0 atom stereocenters. The molecule has 54 heavy (non-hydrogen) atoms. The first-order valence-electron chi connectivity index (χ1n) is 18.5. The summed E-state index contributed by atoms with van der Waals surface area (Å²) in [6.07, 6.45) is 0. The molecular formula is C52H33NS. The number of hydrogen-bond acceptors (Lipinski definition) is 2. The summed E-state index contributed by atoms with van der Waals surface area (Å²) in [5, 5.41) is 12.6. The third-order valence-electron chi connectivity index (χ3n) is 11.0. The van der Waals surface area contributed by atoms with Gasteiger partial charge in [0.1, 0.15) is 0 Å². The Balaban J connectivity index is 1.19. The summed E-state index contributed by atoms with van der Waals surface area (Å²) < 4.78 is 2.59. The average molecular weight is 704 g/mol. The van der Waals surface area contributed by atoms with Crippen LogP contribution in [0.4, 0.5) is 17.1 Å². The van der Waals surface area contributed by atoms with Crippen LogP contribution in [-0.4, -0.2) is 0 Å². The molecule has 10 aromatic carbocycles. The predicted molar refractivity (Wildman–Crippen MR) is 235 cm³/mol. The minimum absolute atomic E-state index is 1.12. The normalized spacial score (nSPS) is 11.7. The van der Waals surface area contributed by atoms with Crippen molar-refractivity contribution in [1.82, 2.24) is 0 Å². The van der Waals surface area contributed by atoms with Gasteiger partial charge in [-0.15, -0.1) is 11.3 Å². The Labute approximate surface area is 317 Å². The molecule has 0 fully saturated rings. The molecule has 252 valence electrons. The van der Waals surface area contributed by atoms with Crippen LogP contribution in [0.3, 0.4) is 0 Å². The smallest absolute Gasteiger partial charge is 0.0640 e. The lowest BCUT2D eigenvalue weighted by atomic mass is 9.85. The minimum Gasteiger partial charge on any atom is -0.308 e. The molecule has 0 aliphatic carbocycles. The summed E-state index contributed by atoms with van der Waals surface area (Å²) in [6.45, 7) is 0. The predicted octanol–water partition coefficient (Wildman–Crippen LogP) is 15.5. The maximum Gasteiger partial charge on any atom is 0.0640 e. The van der Waals surface area contributed by atoms with Gasteiger partial charge in [-0.2, -0.15) is 0 Å². The summed E-state index contributed by atoms with van der Waals surface area (Å²) in [5.74, 6) is 0. The van der Waals surface area contributed by atoms with Gasteiger partial charge in [-0.05, 0) is 90.3 Å². The van der Waals surface area contributed by atoms with Crippen molar-refractivity contribution in [1.29, 1.82) is 0 Å². The van der Waals surface area contributed by atoms with Gasteiger partial charge in [0.25, 0.3) is 0 Å². The Kier molecular flexibility index (Phi) is 7.11. The van der Waals surface area contributed by atoms with Crippen LogP contribution < -0.4 is 4.90 Å². The van der Waals surface area contributed by atoms with E-state index in [1.807, 2.05) is 11.3 Å². The molecule has 1 nitrogen and oxygen atoms in total. The van der Waals surface area contributed by atoms with Gasteiger partial charge in [-0.1, -0.05) is 170 Å². The van der Waals surface area contributed by atoms with Crippen LogP contribution in [0.25, 0.3) is 85.5 Å². The molecule has 11 rings (SSSR count). The summed E-state index contributed by atoms with van der Waals surface area (Å²) in [5.41, 5.74) is 8.42. The largest absolute Gasteiger partial charge is 0.308 e. The molecule has 1 heterocycles. The Morgan fingerprint density at radius 2 is 0.815 bits per heavy atom. The molecule has 0 aliphatic rings. The summed E-state index contributed by atoms with van der Waals surface area (Å²) in [4.78, 5) is 2.49. The molecule has 0 amide bonds. The van der Waals surface area contributed by atoms with E-state index in [0.29, 0.717) is 0 Å². The van der Waals surface area contributed by atoms with Gasteiger partial charge in [0.15, 0.2) is 0 Å². The Hall–Kier alpha value is -6.74. The molecule has 1 aromatic heterocycles. The monoisotopic (exact) mass is 703 g/mol. The highest BCUT2D eigenvalue weighted by Crippen LogP contribution is 2.49. The maximum absolute atomic E-state index is 2.49. The van der Waals surface area contributed by atoms with E-state index in [4.69, 9.17) is 0 Å². The van der Waals surface area contributed by atoms with Gasteiger partial charge in [0.05, 0.1) is 16.1 Å². The molecular weight excluding hydrogens is 671 g/mol. The molecule has 0 saturated carbocycles. The molecule has 0 radical (unpaired) electrons. The third kappa shape index (κ3) is 4.78. The van der Waals surface area contributed by atoms with Crippen LogP contribution in [0.5, 0.6) is 0 Å². The zero-order valence-electron chi connectivity index (χ0n) is 29.4. The van der Waals surface area contributed by atoms with E-state index in [0.717, 1.165) is 5.69 Å². The zero-order chi connectivity index (χ0) is 35.6. The van der Waals surface area contributed by atoms with Crippen molar-refractivity contribution in [2.75, 3.05) is 4.90 Å². The van der Waals surface area contributed by atoms with Crippen molar-refractivity contribution in [3.63, 3.8) is 0 Å². The number of benzene rings is 10. The van der Waals surface area contributed by atoms with Crippen LogP contribution in [0.1, 0.15) is 0 Å². The SMILES string of the molecule is c1ccc(-c2c(-c3ccc(N(c4cc5ccccc5c5ccccc45)c4cccc5c4sc4ccccc45)cc3)c3ccccc3c3ccccc23)cc1. The van der Waals surface area contributed by atoms with E-state index < -0.39 is 0 Å². The van der Waals surface area contributed by atoms with E-state index >= 15 is 0 Å². The quantitative estimate of drug-likeness (QED) is 0.161. The Bertz CT molecular complexity index is 3210. The fourth-order valence-corrected chi connectivity index (χ4v) is 9.87. The van der Waals surface area contributed by atoms with Crippen LogP contribution >= 0.6 is 11.3 Å². The fourth-order valence-electron chi connectivity index (χ4n) is 8.66. The number of anilines is 3. The van der Waals surface area contributed by atoms with Gasteiger partial charge < -0.3 is 4.90 Å². The lowest BCUT2D eigenvalue weighted by molar-refractivity contribution is 1.32. The number of rotatable bonds is 5. The van der Waals surface area contributed by atoms with Crippen molar-refractivity contribution < 1.29 is 0 Å². The Morgan fingerprint density at radius 3 is 1.50 bits per heavy atom. The van der Waals surface area contributed by atoms with Crippen LogP contribution in [0.2, 0.25) is 0 Å². The second-order valence-electron chi connectivity index (χ2n) is 14.0. The van der Waals surface area contributed by atoms with Crippen molar-refractivity contribution in [3.05, 3.63) is 200 Å². The molecule has 0 saturated heterocycles. The van der Waals surface area contributed by atoms with Crippen molar-refractivity contribution in [2.24, 2.45) is 0 Å². The molecule has 0 bridgehead atoms. The molecule has 11 aromatic rings. The molecule has 0 aliphatic heterocycles. The van der Waals surface area contributed by atoms with E-state index in [-0.39, 0.29) is 0 Å². The van der Waals surface area contributed by atoms with Gasteiger partial charge in [0, 0.05) is 26.5 Å². The van der Waals surface area contributed by atoms with Gasteiger partial charge in [0.2, 0.25) is 0 Å². The van der Waals surface area contributed by atoms with Crippen LogP contribution in [-0.2, 0) is 0 Å². The standard InChI is InChI=1S/C52H33NS/c1-2-15-34(16-3-1)50-44-24-10-7-20-40(44)41-21-8-11-25-45(41)51(50)35-29-31-37(32-30-35)53(47-27-14-26-46-43-23-12-13-28-49(43)54-52(46)47)48-33-36-17-4-5-18-38(36)39-19-6-9-22-42(39)48/h1-33H. The van der Waals surface area contributed by atoms with Gasteiger partial charge >= 0.3 is 0 Å². The highest BCUT2D eigenvalue weighted by atomic mass is 32.1. The number of hydrogen-bond donors (Lipinski definition) is 0. The molecule has 0 unspecified atom stereocenters. The average Bonchev–Trinajstić information content (AvgIpc) is 3.63. The maximum atomic E-state index is 2.49. The number of thiophene rings is 1.